The molecule has 0 aliphatic carbocycles. The van der Waals surface area contributed by atoms with E-state index < -0.39 is 28.7 Å². The Morgan fingerprint density at radius 3 is 2.50 bits per heavy atom. The van der Waals surface area contributed by atoms with Crippen LogP contribution in [-0.2, 0) is 9.53 Å². The lowest BCUT2D eigenvalue weighted by Gasteiger charge is -2.19. The lowest BCUT2D eigenvalue weighted by atomic mass is 10.0. The van der Waals surface area contributed by atoms with E-state index in [0.717, 1.165) is 6.07 Å². The van der Waals surface area contributed by atoms with E-state index >= 15 is 0 Å². The summed E-state index contributed by atoms with van der Waals surface area (Å²) < 4.78 is 18.0. The number of nitrogens with zero attached hydrogens (tertiary/aromatic N) is 2. The molecule has 0 bridgehead atoms. The van der Waals surface area contributed by atoms with E-state index in [1.807, 2.05) is 13.0 Å². The van der Waals surface area contributed by atoms with Crippen LogP contribution < -0.4 is 10.6 Å². The molecule has 9 nitrogen and oxygen atoms in total. The van der Waals surface area contributed by atoms with Crippen LogP contribution in [0.25, 0.3) is 0 Å². The highest BCUT2D eigenvalue weighted by atomic mass is 19.1. The summed E-state index contributed by atoms with van der Waals surface area (Å²) in [5, 5.41) is 17.4. The largest absolute Gasteiger partial charge is 0.469 e. The highest BCUT2D eigenvalue weighted by Crippen LogP contribution is 2.29. The Kier molecular flexibility index (Phi) is 7.86. The predicted molar refractivity (Wildman–Crippen MR) is 123 cm³/mol. The molecule has 3 aromatic rings. The zero-order valence-corrected chi connectivity index (χ0v) is 18.5. The number of pyridine rings is 1. The SMILES string of the molecule is COC(=O)CC(NC(=O)c1ccc(NC(C)c2ccccn2)c([N+](=O)[O-])c1)c1ccc(F)cc1. The second-order valence-corrected chi connectivity index (χ2v) is 7.47. The van der Waals surface area contributed by atoms with Crippen LogP contribution in [0, 0.1) is 15.9 Å². The first kappa shape index (κ1) is 24.3. The predicted octanol–water partition coefficient (Wildman–Crippen LogP) is 4.34. The molecule has 2 unspecified atom stereocenters. The average molecular weight is 466 g/mol. The zero-order chi connectivity index (χ0) is 24.7. The summed E-state index contributed by atoms with van der Waals surface area (Å²) in [5.41, 5.74) is 1.14. The van der Waals surface area contributed by atoms with Crippen LogP contribution in [0.4, 0.5) is 15.8 Å². The number of methoxy groups -OCH3 is 1. The van der Waals surface area contributed by atoms with Crippen LogP contribution in [0.15, 0.2) is 66.9 Å². The number of halogens is 1. The maximum atomic E-state index is 13.3. The second-order valence-electron chi connectivity index (χ2n) is 7.47. The van der Waals surface area contributed by atoms with Crippen LogP contribution in [-0.4, -0.2) is 28.9 Å². The Hall–Kier alpha value is -4.34. The summed E-state index contributed by atoms with van der Waals surface area (Å²) in [6.07, 6.45) is 1.43. The molecule has 0 saturated carbocycles. The van der Waals surface area contributed by atoms with Gasteiger partial charge in [0.05, 0.1) is 36.2 Å². The van der Waals surface area contributed by atoms with Gasteiger partial charge in [0.15, 0.2) is 0 Å². The number of nitrogens with one attached hydrogen (secondary N) is 2. The van der Waals surface area contributed by atoms with Gasteiger partial charge in [0.2, 0.25) is 0 Å². The highest BCUT2D eigenvalue weighted by Gasteiger charge is 2.23. The van der Waals surface area contributed by atoms with Crippen molar-refractivity contribution in [3.05, 3.63) is 99.6 Å². The van der Waals surface area contributed by atoms with Gasteiger partial charge in [0.1, 0.15) is 11.5 Å². The van der Waals surface area contributed by atoms with Gasteiger partial charge < -0.3 is 15.4 Å². The molecule has 3 rings (SSSR count). The van der Waals surface area contributed by atoms with Gasteiger partial charge in [-0.25, -0.2) is 4.39 Å². The Bertz CT molecular complexity index is 1170. The van der Waals surface area contributed by atoms with Crippen LogP contribution in [0.1, 0.15) is 47.0 Å². The summed E-state index contributed by atoms with van der Waals surface area (Å²) in [6, 6.07) is 13.6. The van der Waals surface area contributed by atoms with E-state index in [2.05, 4.69) is 20.4 Å². The number of carbonyl (C=O) groups is 2. The molecule has 0 saturated heterocycles. The summed E-state index contributed by atoms with van der Waals surface area (Å²) in [4.78, 5) is 40.1. The van der Waals surface area contributed by atoms with Crippen LogP contribution >= 0.6 is 0 Å². The second kappa shape index (κ2) is 11.0. The number of aromatic nitrogens is 1. The molecule has 1 amide bonds. The van der Waals surface area contributed by atoms with Crippen molar-refractivity contribution in [2.45, 2.75) is 25.4 Å². The summed E-state index contributed by atoms with van der Waals surface area (Å²) in [5.74, 6) is -1.68. The molecule has 0 aliphatic rings. The zero-order valence-electron chi connectivity index (χ0n) is 18.5. The van der Waals surface area contributed by atoms with Crippen molar-refractivity contribution < 1.29 is 23.6 Å². The first-order chi connectivity index (χ1) is 16.3. The molecule has 10 heteroatoms. The molecule has 1 aromatic heterocycles. The Morgan fingerprint density at radius 1 is 1.15 bits per heavy atom. The van der Waals surface area contributed by atoms with E-state index in [9.17, 15) is 24.1 Å². The van der Waals surface area contributed by atoms with E-state index in [1.165, 1.54) is 43.5 Å². The first-order valence-corrected chi connectivity index (χ1v) is 10.4. The van der Waals surface area contributed by atoms with Crippen molar-refractivity contribution in [1.82, 2.24) is 10.3 Å². The summed E-state index contributed by atoms with van der Waals surface area (Å²) in [6.45, 7) is 1.81. The number of carbonyl (C=O) groups excluding carboxylic acids is 2. The van der Waals surface area contributed by atoms with Crippen molar-refractivity contribution in [2.75, 3.05) is 12.4 Å². The third-order valence-corrected chi connectivity index (χ3v) is 5.14. The summed E-state index contributed by atoms with van der Waals surface area (Å²) >= 11 is 0. The van der Waals surface area contributed by atoms with Gasteiger partial charge in [-0.2, -0.15) is 0 Å². The molecule has 34 heavy (non-hydrogen) atoms. The number of anilines is 1. The summed E-state index contributed by atoms with van der Waals surface area (Å²) in [7, 11) is 1.22. The number of hydrogen-bond acceptors (Lipinski definition) is 7. The van der Waals surface area contributed by atoms with Gasteiger partial charge in [-0.3, -0.25) is 24.7 Å². The third-order valence-electron chi connectivity index (χ3n) is 5.14. The van der Waals surface area contributed by atoms with E-state index in [-0.39, 0.29) is 29.4 Å². The molecule has 1 heterocycles. The minimum atomic E-state index is -0.818. The van der Waals surface area contributed by atoms with Crippen LogP contribution in [0.3, 0.4) is 0 Å². The first-order valence-electron chi connectivity index (χ1n) is 10.4. The van der Waals surface area contributed by atoms with Crippen molar-refractivity contribution in [1.29, 1.82) is 0 Å². The van der Waals surface area contributed by atoms with Gasteiger partial charge >= 0.3 is 5.97 Å². The number of benzene rings is 2. The lowest BCUT2D eigenvalue weighted by molar-refractivity contribution is -0.384. The van der Waals surface area contributed by atoms with Gasteiger partial charge in [-0.1, -0.05) is 18.2 Å². The normalized spacial score (nSPS) is 12.3. The lowest BCUT2D eigenvalue weighted by Crippen LogP contribution is -2.30. The van der Waals surface area contributed by atoms with Crippen LogP contribution in [0.5, 0.6) is 0 Å². The Morgan fingerprint density at radius 2 is 1.88 bits per heavy atom. The van der Waals surface area contributed by atoms with E-state index in [1.54, 1.807) is 18.3 Å². The maximum absolute atomic E-state index is 13.3. The van der Waals surface area contributed by atoms with Crippen molar-refractivity contribution in [3.63, 3.8) is 0 Å². The number of rotatable bonds is 9. The molecule has 2 atom stereocenters. The van der Waals surface area contributed by atoms with Crippen LogP contribution in [0.2, 0.25) is 0 Å². The Labute approximate surface area is 195 Å². The molecule has 0 fully saturated rings. The molecule has 176 valence electrons. The van der Waals surface area contributed by atoms with E-state index in [0.29, 0.717) is 11.3 Å². The standard InChI is InChI=1S/C24H23FN4O5/c1-15(19-5-3-4-12-26-19)27-20-11-8-17(13-22(20)29(32)33)24(31)28-21(14-23(30)34-2)16-6-9-18(25)10-7-16/h3-13,15,21,27H,14H2,1-2H3,(H,28,31). The molecule has 2 N–H and O–H groups in total. The average Bonchev–Trinajstić information content (AvgIpc) is 2.84. The quantitative estimate of drug-likeness (QED) is 0.273. The number of amides is 1. The van der Waals surface area contributed by atoms with E-state index in [4.69, 9.17) is 0 Å². The monoisotopic (exact) mass is 466 g/mol. The van der Waals surface area contributed by atoms with Gasteiger partial charge in [-0.15, -0.1) is 0 Å². The fourth-order valence-corrected chi connectivity index (χ4v) is 3.32. The number of hydrogen-bond donors (Lipinski definition) is 2. The highest BCUT2D eigenvalue weighted by molar-refractivity contribution is 5.96. The fourth-order valence-electron chi connectivity index (χ4n) is 3.32. The minimum absolute atomic E-state index is 0.0275. The number of ether oxygens (including phenoxy) is 1. The smallest absolute Gasteiger partial charge is 0.307 e. The molecular formula is C24H23FN4O5. The number of nitro groups is 1. The topological polar surface area (TPSA) is 123 Å². The fraction of sp³-hybridized carbons (Fsp3) is 0.208. The van der Waals surface area contributed by atoms with Gasteiger partial charge in [0.25, 0.3) is 11.6 Å². The van der Waals surface area contributed by atoms with Crippen molar-refractivity contribution in [2.24, 2.45) is 0 Å². The molecule has 0 spiro atoms. The minimum Gasteiger partial charge on any atom is -0.469 e. The van der Waals surface area contributed by atoms with Crippen molar-refractivity contribution >= 4 is 23.3 Å². The third kappa shape index (κ3) is 6.12. The molecule has 2 aromatic carbocycles. The number of esters is 1. The Balaban J connectivity index is 1.83. The molecular weight excluding hydrogens is 443 g/mol. The van der Waals surface area contributed by atoms with Crippen molar-refractivity contribution in [3.8, 4) is 0 Å². The van der Waals surface area contributed by atoms with Gasteiger partial charge in [0, 0.05) is 17.8 Å². The van der Waals surface area contributed by atoms with Gasteiger partial charge in [-0.05, 0) is 48.9 Å². The number of nitro benzene ring substituents is 1. The molecule has 0 aliphatic heterocycles. The molecule has 0 radical (unpaired) electrons. The maximum Gasteiger partial charge on any atom is 0.307 e.